The smallest absolute Gasteiger partial charge is 0.351 e. The predicted octanol–water partition coefficient (Wildman–Crippen LogP) is 2.82. The van der Waals surface area contributed by atoms with E-state index in [9.17, 15) is 9.90 Å². The van der Waals surface area contributed by atoms with Crippen molar-refractivity contribution in [3.63, 3.8) is 0 Å². The van der Waals surface area contributed by atoms with Crippen LogP contribution in [0.1, 0.15) is 30.4 Å². The number of methoxy groups -OCH3 is 1. The molecule has 2 N–H and O–H groups in total. The molecule has 1 aromatic heterocycles. The first kappa shape index (κ1) is 17.7. The van der Waals surface area contributed by atoms with E-state index in [1.807, 2.05) is 45.0 Å². The standard InChI is InChI=1S/C17H23NO4S/c1-17(2,3)18-9-11(19)10-22-14-12-7-5-6-8-13(12)23-15(14)16(20)21-4/h5-8,11,18-19H,9-10H2,1-4H3. The minimum absolute atomic E-state index is 0.0762. The third-order valence-corrected chi connectivity index (χ3v) is 4.34. The highest BCUT2D eigenvalue weighted by molar-refractivity contribution is 7.21. The number of nitrogens with one attached hydrogen (secondary N) is 1. The maximum absolute atomic E-state index is 11.9. The van der Waals surface area contributed by atoms with Crippen LogP contribution in [0.4, 0.5) is 0 Å². The summed E-state index contributed by atoms with van der Waals surface area (Å²) in [7, 11) is 1.35. The zero-order valence-corrected chi connectivity index (χ0v) is 14.7. The number of esters is 1. The van der Waals surface area contributed by atoms with Gasteiger partial charge in [-0.25, -0.2) is 4.79 Å². The Bertz CT molecular complexity index is 675. The van der Waals surface area contributed by atoms with E-state index in [0.29, 0.717) is 17.2 Å². The molecule has 5 nitrogen and oxygen atoms in total. The first-order valence-electron chi connectivity index (χ1n) is 7.47. The number of rotatable bonds is 6. The Balaban J connectivity index is 2.13. The second-order valence-corrected chi connectivity index (χ2v) is 7.40. The largest absolute Gasteiger partial charge is 0.488 e. The van der Waals surface area contributed by atoms with Crippen molar-refractivity contribution in [2.45, 2.75) is 32.4 Å². The number of carbonyl (C=O) groups excluding carboxylic acids is 1. The third kappa shape index (κ3) is 4.67. The summed E-state index contributed by atoms with van der Waals surface area (Å²) < 4.78 is 11.5. The van der Waals surface area contributed by atoms with Gasteiger partial charge in [0.25, 0.3) is 0 Å². The molecule has 6 heteroatoms. The normalized spacial score (nSPS) is 13.1. The molecule has 0 saturated carbocycles. The van der Waals surface area contributed by atoms with Crippen molar-refractivity contribution < 1.29 is 19.4 Å². The molecule has 0 fully saturated rings. The molecule has 0 bridgehead atoms. The Kier molecular flexibility index (Phi) is 5.62. The molecule has 1 aromatic carbocycles. The molecule has 1 unspecified atom stereocenters. The molecule has 1 atom stereocenters. The van der Waals surface area contributed by atoms with Gasteiger partial charge in [-0.15, -0.1) is 11.3 Å². The van der Waals surface area contributed by atoms with E-state index in [2.05, 4.69) is 5.32 Å². The number of aliphatic hydroxyl groups excluding tert-OH is 1. The molecule has 0 amide bonds. The first-order chi connectivity index (χ1) is 10.8. The Morgan fingerprint density at radius 2 is 2.04 bits per heavy atom. The summed E-state index contributed by atoms with van der Waals surface area (Å²) in [5.41, 5.74) is -0.0762. The van der Waals surface area contributed by atoms with E-state index >= 15 is 0 Å². The number of benzene rings is 1. The van der Waals surface area contributed by atoms with E-state index in [0.717, 1.165) is 10.1 Å². The molecule has 0 saturated heterocycles. The van der Waals surface area contributed by atoms with Crippen LogP contribution in [0.25, 0.3) is 10.1 Å². The Morgan fingerprint density at radius 1 is 1.35 bits per heavy atom. The second kappa shape index (κ2) is 7.29. The third-order valence-electron chi connectivity index (χ3n) is 3.21. The molecule has 2 rings (SSSR count). The number of β-amino-alcohol motifs (C(OH)–C–C–N with tert-alkyl or cyclic N) is 1. The van der Waals surface area contributed by atoms with Crippen molar-refractivity contribution in [2.24, 2.45) is 0 Å². The fourth-order valence-electron chi connectivity index (χ4n) is 2.05. The summed E-state index contributed by atoms with van der Waals surface area (Å²) in [4.78, 5) is 12.4. The van der Waals surface area contributed by atoms with Gasteiger partial charge in [0, 0.05) is 22.2 Å². The van der Waals surface area contributed by atoms with Crippen molar-refractivity contribution in [1.82, 2.24) is 5.32 Å². The number of aliphatic hydroxyl groups is 1. The lowest BCUT2D eigenvalue weighted by Gasteiger charge is -2.23. The number of ether oxygens (including phenoxy) is 2. The summed E-state index contributed by atoms with van der Waals surface area (Å²) in [6.45, 7) is 6.61. The van der Waals surface area contributed by atoms with Crippen molar-refractivity contribution in [3.05, 3.63) is 29.1 Å². The lowest BCUT2D eigenvalue weighted by Crippen LogP contribution is -2.42. The van der Waals surface area contributed by atoms with Crippen LogP contribution in [0.15, 0.2) is 24.3 Å². The van der Waals surface area contributed by atoms with Gasteiger partial charge in [0.2, 0.25) is 0 Å². The zero-order valence-electron chi connectivity index (χ0n) is 13.9. The molecular formula is C17H23NO4S. The van der Waals surface area contributed by atoms with Gasteiger partial charge in [-0.1, -0.05) is 12.1 Å². The Morgan fingerprint density at radius 3 is 2.70 bits per heavy atom. The van der Waals surface area contributed by atoms with Crippen LogP contribution in [-0.2, 0) is 4.74 Å². The SMILES string of the molecule is COC(=O)c1sc2ccccc2c1OCC(O)CNC(C)(C)C. The van der Waals surface area contributed by atoms with Crippen molar-refractivity contribution >= 4 is 27.4 Å². The van der Waals surface area contributed by atoms with Gasteiger partial charge in [0.05, 0.1) is 7.11 Å². The van der Waals surface area contributed by atoms with Gasteiger partial charge in [-0.05, 0) is 32.9 Å². The quantitative estimate of drug-likeness (QED) is 0.794. The van der Waals surface area contributed by atoms with Crippen LogP contribution in [0, 0.1) is 0 Å². The van der Waals surface area contributed by atoms with E-state index in [1.54, 1.807) is 0 Å². The lowest BCUT2D eigenvalue weighted by atomic mass is 10.1. The summed E-state index contributed by atoms with van der Waals surface area (Å²) in [5, 5.41) is 14.1. The van der Waals surface area contributed by atoms with E-state index in [4.69, 9.17) is 9.47 Å². The average molecular weight is 337 g/mol. The first-order valence-corrected chi connectivity index (χ1v) is 8.29. The Hall–Kier alpha value is -1.63. The van der Waals surface area contributed by atoms with E-state index in [1.165, 1.54) is 18.4 Å². The molecule has 0 aliphatic carbocycles. The van der Waals surface area contributed by atoms with Crippen molar-refractivity contribution in [2.75, 3.05) is 20.3 Å². The molecule has 23 heavy (non-hydrogen) atoms. The van der Waals surface area contributed by atoms with Gasteiger partial charge in [0.15, 0.2) is 10.6 Å². The van der Waals surface area contributed by atoms with Crippen LogP contribution in [0.2, 0.25) is 0 Å². The molecule has 1 heterocycles. The molecule has 0 aliphatic rings. The van der Waals surface area contributed by atoms with Crippen LogP contribution in [-0.4, -0.2) is 43.0 Å². The van der Waals surface area contributed by atoms with Gasteiger partial charge < -0.3 is 19.9 Å². The number of fused-ring (bicyclic) bond motifs is 1. The fourth-order valence-corrected chi connectivity index (χ4v) is 3.12. The highest BCUT2D eigenvalue weighted by atomic mass is 32.1. The average Bonchev–Trinajstić information content (AvgIpc) is 2.88. The summed E-state index contributed by atoms with van der Waals surface area (Å²) in [6.07, 6.45) is -0.668. The summed E-state index contributed by atoms with van der Waals surface area (Å²) >= 11 is 1.33. The zero-order chi connectivity index (χ0) is 17.0. The monoisotopic (exact) mass is 337 g/mol. The molecular weight excluding hydrogens is 314 g/mol. The second-order valence-electron chi connectivity index (χ2n) is 6.34. The number of hydrogen-bond acceptors (Lipinski definition) is 6. The van der Waals surface area contributed by atoms with Gasteiger partial charge >= 0.3 is 5.97 Å². The number of hydrogen-bond donors (Lipinski definition) is 2. The highest BCUT2D eigenvalue weighted by Gasteiger charge is 2.21. The topological polar surface area (TPSA) is 67.8 Å². The fraction of sp³-hybridized carbons (Fsp3) is 0.471. The van der Waals surface area contributed by atoms with Gasteiger partial charge in [-0.3, -0.25) is 0 Å². The van der Waals surface area contributed by atoms with E-state index < -0.39 is 12.1 Å². The minimum atomic E-state index is -0.668. The van der Waals surface area contributed by atoms with Crippen LogP contribution < -0.4 is 10.1 Å². The molecule has 0 radical (unpaired) electrons. The lowest BCUT2D eigenvalue weighted by molar-refractivity contribution is 0.0595. The molecule has 0 spiro atoms. The molecule has 126 valence electrons. The van der Waals surface area contributed by atoms with Crippen LogP contribution in [0.3, 0.4) is 0 Å². The van der Waals surface area contributed by atoms with E-state index in [-0.39, 0.29) is 12.1 Å². The molecule has 2 aromatic rings. The van der Waals surface area contributed by atoms with Crippen molar-refractivity contribution in [3.8, 4) is 5.75 Å². The van der Waals surface area contributed by atoms with Crippen molar-refractivity contribution in [1.29, 1.82) is 0 Å². The maximum atomic E-state index is 11.9. The summed E-state index contributed by atoms with van der Waals surface area (Å²) in [6, 6.07) is 7.62. The van der Waals surface area contributed by atoms with Gasteiger partial charge in [-0.2, -0.15) is 0 Å². The van der Waals surface area contributed by atoms with Gasteiger partial charge in [0.1, 0.15) is 12.7 Å². The highest BCUT2D eigenvalue weighted by Crippen LogP contribution is 2.38. The predicted molar refractivity (Wildman–Crippen MR) is 92.4 cm³/mol. The Labute approximate surface area is 140 Å². The minimum Gasteiger partial charge on any atom is -0.488 e. The van der Waals surface area contributed by atoms with Crippen LogP contribution >= 0.6 is 11.3 Å². The molecule has 0 aliphatic heterocycles. The number of carbonyl (C=O) groups is 1. The van der Waals surface area contributed by atoms with Crippen LogP contribution in [0.5, 0.6) is 5.75 Å². The number of thiophene rings is 1. The summed E-state index contributed by atoms with van der Waals surface area (Å²) in [5.74, 6) is 0.0516. The maximum Gasteiger partial charge on any atom is 0.351 e.